The van der Waals surface area contributed by atoms with E-state index >= 15 is 0 Å². The monoisotopic (exact) mass is 247 g/mol. The number of benzene rings is 1. The average molecular weight is 247 g/mol. The van der Waals surface area contributed by atoms with E-state index in [1.165, 1.54) is 0 Å². The molecule has 1 aromatic carbocycles. The van der Waals surface area contributed by atoms with Gasteiger partial charge >= 0.3 is 0 Å². The Morgan fingerprint density at radius 2 is 2.06 bits per heavy atom. The van der Waals surface area contributed by atoms with Crippen LogP contribution in [-0.4, -0.2) is 24.0 Å². The van der Waals surface area contributed by atoms with Crippen molar-refractivity contribution in [3.63, 3.8) is 0 Å². The number of amides is 1. The normalized spacial score (nSPS) is 14.9. The highest BCUT2D eigenvalue weighted by atomic mass is 16.5. The van der Waals surface area contributed by atoms with E-state index in [1.54, 1.807) is 0 Å². The minimum absolute atomic E-state index is 0.148. The number of hydrogen-bond donors (Lipinski definition) is 0. The third-order valence-corrected chi connectivity index (χ3v) is 3.60. The van der Waals surface area contributed by atoms with Gasteiger partial charge in [0.25, 0.3) is 0 Å². The van der Waals surface area contributed by atoms with E-state index in [2.05, 4.69) is 13.8 Å². The second kappa shape index (κ2) is 5.89. The maximum Gasteiger partial charge on any atom is 0.226 e. The zero-order chi connectivity index (χ0) is 13.0. The quantitative estimate of drug-likeness (QED) is 0.822. The van der Waals surface area contributed by atoms with Crippen molar-refractivity contribution in [2.45, 2.75) is 33.2 Å². The zero-order valence-corrected chi connectivity index (χ0v) is 11.2. The lowest BCUT2D eigenvalue weighted by atomic mass is 10.0. The van der Waals surface area contributed by atoms with Crippen LogP contribution in [0.2, 0.25) is 0 Å². The molecule has 1 aliphatic rings. The predicted octanol–water partition coefficient (Wildman–Crippen LogP) is 2.84. The standard InChI is InChI=1S/C15H21NO2/c1-3-12(4-2)15(17)16-9-10-18-14-8-6-5-7-13(14)11-16/h5-8,12H,3-4,9-11H2,1-2H3. The van der Waals surface area contributed by atoms with Crippen LogP contribution < -0.4 is 4.74 Å². The van der Waals surface area contributed by atoms with Crippen molar-refractivity contribution in [2.24, 2.45) is 5.92 Å². The number of para-hydroxylation sites is 1. The highest BCUT2D eigenvalue weighted by molar-refractivity contribution is 5.78. The smallest absolute Gasteiger partial charge is 0.226 e. The van der Waals surface area contributed by atoms with Crippen molar-refractivity contribution >= 4 is 5.91 Å². The minimum Gasteiger partial charge on any atom is -0.491 e. The molecule has 1 heterocycles. The number of carbonyl (C=O) groups is 1. The first-order valence-corrected chi connectivity index (χ1v) is 6.75. The van der Waals surface area contributed by atoms with Crippen LogP contribution in [0.5, 0.6) is 5.75 Å². The van der Waals surface area contributed by atoms with Gasteiger partial charge in [0.05, 0.1) is 6.54 Å². The molecule has 3 nitrogen and oxygen atoms in total. The fraction of sp³-hybridized carbons (Fsp3) is 0.533. The summed E-state index contributed by atoms with van der Waals surface area (Å²) in [6, 6.07) is 7.97. The minimum atomic E-state index is 0.148. The number of nitrogens with zero attached hydrogens (tertiary/aromatic N) is 1. The molecule has 0 N–H and O–H groups in total. The largest absolute Gasteiger partial charge is 0.491 e. The second-order valence-electron chi connectivity index (χ2n) is 4.73. The molecule has 1 amide bonds. The van der Waals surface area contributed by atoms with Gasteiger partial charge in [-0.05, 0) is 18.9 Å². The lowest BCUT2D eigenvalue weighted by Crippen LogP contribution is -2.36. The molecule has 0 bridgehead atoms. The first kappa shape index (κ1) is 12.9. The molecule has 0 unspecified atom stereocenters. The van der Waals surface area contributed by atoms with Crippen molar-refractivity contribution in [1.82, 2.24) is 4.90 Å². The number of rotatable bonds is 3. The molecule has 1 aromatic rings. The van der Waals surface area contributed by atoms with Gasteiger partial charge in [0.15, 0.2) is 0 Å². The number of hydrogen-bond acceptors (Lipinski definition) is 2. The molecule has 0 atom stereocenters. The zero-order valence-electron chi connectivity index (χ0n) is 11.2. The lowest BCUT2D eigenvalue weighted by molar-refractivity contribution is -0.136. The van der Waals surface area contributed by atoms with Gasteiger partial charge in [-0.1, -0.05) is 32.0 Å². The molecule has 0 spiro atoms. The molecular weight excluding hydrogens is 226 g/mol. The van der Waals surface area contributed by atoms with Gasteiger partial charge in [-0.15, -0.1) is 0 Å². The van der Waals surface area contributed by atoms with Gasteiger partial charge in [-0.3, -0.25) is 4.79 Å². The van der Waals surface area contributed by atoms with Crippen LogP contribution in [0.3, 0.4) is 0 Å². The summed E-state index contributed by atoms with van der Waals surface area (Å²) in [4.78, 5) is 14.3. The molecule has 0 saturated carbocycles. The van der Waals surface area contributed by atoms with E-state index in [0.717, 1.165) is 24.2 Å². The summed E-state index contributed by atoms with van der Waals surface area (Å²) >= 11 is 0. The van der Waals surface area contributed by atoms with Crippen LogP contribution in [-0.2, 0) is 11.3 Å². The Morgan fingerprint density at radius 1 is 1.33 bits per heavy atom. The summed E-state index contributed by atoms with van der Waals surface area (Å²) in [7, 11) is 0. The predicted molar refractivity (Wildman–Crippen MR) is 71.4 cm³/mol. The van der Waals surface area contributed by atoms with Gasteiger partial charge in [0.1, 0.15) is 12.4 Å². The molecule has 18 heavy (non-hydrogen) atoms. The molecule has 98 valence electrons. The highest BCUT2D eigenvalue weighted by Gasteiger charge is 2.24. The van der Waals surface area contributed by atoms with Crippen LogP contribution >= 0.6 is 0 Å². The molecule has 1 aliphatic heterocycles. The van der Waals surface area contributed by atoms with Gasteiger partial charge in [-0.2, -0.15) is 0 Å². The Morgan fingerprint density at radius 3 is 2.78 bits per heavy atom. The molecule has 0 aliphatic carbocycles. The number of fused-ring (bicyclic) bond motifs is 1. The Hall–Kier alpha value is -1.51. The number of carbonyl (C=O) groups excluding carboxylic acids is 1. The summed E-state index contributed by atoms with van der Waals surface area (Å²) in [5.41, 5.74) is 1.11. The van der Waals surface area contributed by atoms with Crippen LogP contribution in [0.25, 0.3) is 0 Å². The lowest BCUT2D eigenvalue weighted by Gasteiger charge is -2.24. The molecular formula is C15H21NO2. The summed E-state index contributed by atoms with van der Waals surface area (Å²) in [6.07, 6.45) is 1.82. The van der Waals surface area contributed by atoms with Gasteiger partial charge in [-0.25, -0.2) is 0 Å². The highest BCUT2D eigenvalue weighted by Crippen LogP contribution is 2.24. The van der Waals surface area contributed by atoms with E-state index in [0.29, 0.717) is 19.7 Å². The van der Waals surface area contributed by atoms with Gasteiger partial charge in [0.2, 0.25) is 5.91 Å². The van der Waals surface area contributed by atoms with Crippen LogP contribution in [0.4, 0.5) is 0 Å². The fourth-order valence-electron chi connectivity index (χ4n) is 2.41. The number of ether oxygens (including phenoxy) is 1. The summed E-state index contributed by atoms with van der Waals surface area (Å²) in [5.74, 6) is 1.33. The van der Waals surface area contributed by atoms with Crippen molar-refractivity contribution < 1.29 is 9.53 Å². The van der Waals surface area contributed by atoms with E-state index in [-0.39, 0.29) is 11.8 Å². The van der Waals surface area contributed by atoms with Crippen molar-refractivity contribution in [1.29, 1.82) is 0 Å². The maximum absolute atomic E-state index is 12.4. The van der Waals surface area contributed by atoms with E-state index < -0.39 is 0 Å². The summed E-state index contributed by atoms with van der Waals surface area (Å²) < 4.78 is 5.68. The Bertz CT molecular complexity index is 413. The fourth-order valence-corrected chi connectivity index (χ4v) is 2.41. The Kier molecular flexibility index (Phi) is 4.24. The third kappa shape index (κ3) is 2.66. The van der Waals surface area contributed by atoms with Gasteiger partial charge < -0.3 is 9.64 Å². The van der Waals surface area contributed by atoms with Crippen molar-refractivity contribution in [2.75, 3.05) is 13.2 Å². The summed E-state index contributed by atoms with van der Waals surface area (Å²) in [5, 5.41) is 0. The van der Waals surface area contributed by atoms with Gasteiger partial charge in [0, 0.05) is 18.0 Å². The molecule has 0 aromatic heterocycles. The molecule has 0 saturated heterocycles. The Balaban J connectivity index is 2.14. The SMILES string of the molecule is CCC(CC)C(=O)N1CCOc2ccccc2C1. The van der Waals surface area contributed by atoms with Crippen LogP contribution in [0.15, 0.2) is 24.3 Å². The van der Waals surface area contributed by atoms with Crippen molar-refractivity contribution in [3.05, 3.63) is 29.8 Å². The average Bonchev–Trinajstić information content (AvgIpc) is 2.62. The Labute approximate surface area is 109 Å². The van der Waals surface area contributed by atoms with Crippen LogP contribution in [0, 0.1) is 5.92 Å². The molecule has 0 radical (unpaired) electrons. The summed E-state index contributed by atoms with van der Waals surface area (Å²) in [6.45, 7) is 6.10. The van der Waals surface area contributed by atoms with Crippen LogP contribution in [0.1, 0.15) is 32.3 Å². The first-order chi connectivity index (χ1) is 8.76. The van der Waals surface area contributed by atoms with E-state index in [1.807, 2.05) is 29.2 Å². The van der Waals surface area contributed by atoms with Crippen molar-refractivity contribution in [3.8, 4) is 5.75 Å². The topological polar surface area (TPSA) is 29.5 Å². The first-order valence-electron chi connectivity index (χ1n) is 6.75. The van der Waals surface area contributed by atoms with E-state index in [4.69, 9.17) is 4.74 Å². The second-order valence-corrected chi connectivity index (χ2v) is 4.73. The molecule has 2 rings (SSSR count). The maximum atomic E-state index is 12.4. The molecule has 0 fully saturated rings. The third-order valence-electron chi connectivity index (χ3n) is 3.60. The molecule has 3 heteroatoms. The van der Waals surface area contributed by atoms with E-state index in [9.17, 15) is 4.79 Å².